The van der Waals surface area contributed by atoms with E-state index in [-0.39, 0.29) is 18.4 Å². The van der Waals surface area contributed by atoms with Crippen molar-refractivity contribution in [1.29, 1.82) is 0 Å². The van der Waals surface area contributed by atoms with Crippen LogP contribution in [0, 0.1) is 16.0 Å². The first-order valence-corrected chi connectivity index (χ1v) is 9.44. The summed E-state index contributed by atoms with van der Waals surface area (Å²) < 4.78 is 4.96. The SMILES string of the molecule is CCOC(=O)C(C1c2ccccc2C=CN1C(=O)C1CCCCC1)[N+](=O)[O-]. The molecule has 144 valence electrons. The van der Waals surface area contributed by atoms with Crippen LogP contribution in [0.15, 0.2) is 30.5 Å². The van der Waals surface area contributed by atoms with Gasteiger partial charge in [-0.15, -0.1) is 0 Å². The summed E-state index contributed by atoms with van der Waals surface area (Å²) >= 11 is 0. The van der Waals surface area contributed by atoms with E-state index in [1.165, 1.54) is 4.90 Å². The number of nitrogens with zero attached hydrogens (tertiary/aromatic N) is 2. The molecule has 1 amide bonds. The van der Waals surface area contributed by atoms with Crippen molar-refractivity contribution in [3.05, 3.63) is 51.7 Å². The van der Waals surface area contributed by atoms with Gasteiger partial charge in [-0.1, -0.05) is 43.5 Å². The van der Waals surface area contributed by atoms with Gasteiger partial charge in [-0.25, -0.2) is 4.79 Å². The second kappa shape index (κ2) is 8.33. The number of fused-ring (bicyclic) bond motifs is 1. The monoisotopic (exact) mass is 372 g/mol. The molecule has 0 bridgehead atoms. The van der Waals surface area contributed by atoms with E-state index in [1.807, 2.05) is 12.1 Å². The van der Waals surface area contributed by atoms with Crippen molar-refractivity contribution in [2.75, 3.05) is 6.61 Å². The molecule has 0 aromatic heterocycles. The molecule has 2 unspecified atom stereocenters. The molecule has 1 aliphatic heterocycles. The number of amides is 1. The molecule has 7 heteroatoms. The van der Waals surface area contributed by atoms with Gasteiger partial charge in [-0.2, -0.15) is 0 Å². The summed E-state index contributed by atoms with van der Waals surface area (Å²) in [5.74, 6) is -1.23. The van der Waals surface area contributed by atoms with E-state index < -0.39 is 23.0 Å². The van der Waals surface area contributed by atoms with E-state index in [0.717, 1.165) is 37.7 Å². The number of hydrogen-bond acceptors (Lipinski definition) is 5. The third-order valence-corrected chi connectivity index (χ3v) is 5.29. The second-order valence-electron chi connectivity index (χ2n) is 6.95. The molecule has 1 aromatic carbocycles. The summed E-state index contributed by atoms with van der Waals surface area (Å²) in [5.41, 5.74) is 1.37. The second-order valence-corrected chi connectivity index (χ2v) is 6.95. The van der Waals surface area contributed by atoms with E-state index in [0.29, 0.717) is 5.56 Å². The van der Waals surface area contributed by atoms with Gasteiger partial charge in [0.2, 0.25) is 5.91 Å². The zero-order valence-electron chi connectivity index (χ0n) is 15.4. The van der Waals surface area contributed by atoms with Crippen LogP contribution >= 0.6 is 0 Å². The molecule has 2 atom stereocenters. The topological polar surface area (TPSA) is 89.8 Å². The molecule has 0 spiro atoms. The lowest BCUT2D eigenvalue weighted by Crippen LogP contribution is -2.48. The molecule has 0 radical (unpaired) electrons. The Bertz CT molecular complexity index is 754. The largest absolute Gasteiger partial charge is 0.461 e. The average Bonchev–Trinajstić information content (AvgIpc) is 2.68. The first-order valence-electron chi connectivity index (χ1n) is 9.44. The molecule has 0 saturated heterocycles. The molecule has 3 rings (SSSR count). The maximum absolute atomic E-state index is 13.2. The lowest BCUT2D eigenvalue weighted by Gasteiger charge is -2.36. The minimum Gasteiger partial charge on any atom is -0.461 e. The van der Waals surface area contributed by atoms with Gasteiger partial charge in [0.15, 0.2) is 0 Å². The summed E-state index contributed by atoms with van der Waals surface area (Å²) in [5, 5.41) is 11.8. The molecule has 7 nitrogen and oxygen atoms in total. The number of benzene rings is 1. The average molecular weight is 372 g/mol. The molecular formula is C20H24N2O5. The maximum Gasteiger partial charge on any atom is 0.384 e. The predicted octanol–water partition coefficient (Wildman–Crippen LogP) is 3.33. The molecule has 1 heterocycles. The van der Waals surface area contributed by atoms with E-state index in [4.69, 9.17) is 4.74 Å². The lowest BCUT2D eigenvalue weighted by atomic mass is 9.85. The number of esters is 1. The quantitative estimate of drug-likeness (QED) is 0.449. The fourth-order valence-electron chi connectivity index (χ4n) is 3.99. The van der Waals surface area contributed by atoms with Crippen LogP contribution in [0.1, 0.15) is 56.2 Å². The van der Waals surface area contributed by atoms with Crippen molar-refractivity contribution in [1.82, 2.24) is 4.90 Å². The third kappa shape index (κ3) is 3.86. The van der Waals surface area contributed by atoms with Crippen LogP contribution in [0.2, 0.25) is 0 Å². The zero-order chi connectivity index (χ0) is 19.4. The minimum atomic E-state index is -1.66. The van der Waals surface area contributed by atoms with E-state index >= 15 is 0 Å². The minimum absolute atomic E-state index is 0.0456. The Morgan fingerprint density at radius 3 is 2.63 bits per heavy atom. The van der Waals surface area contributed by atoms with Crippen molar-refractivity contribution >= 4 is 18.0 Å². The van der Waals surface area contributed by atoms with Gasteiger partial charge >= 0.3 is 12.0 Å². The highest BCUT2D eigenvalue weighted by molar-refractivity contribution is 5.85. The van der Waals surface area contributed by atoms with Crippen LogP contribution in [0.4, 0.5) is 0 Å². The molecule has 1 aromatic rings. The fraction of sp³-hybridized carbons (Fsp3) is 0.500. The number of ether oxygens (including phenoxy) is 1. The molecule has 27 heavy (non-hydrogen) atoms. The number of nitro groups is 1. The van der Waals surface area contributed by atoms with Crippen LogP contribution in [0.25, 0.3) is 6.08 Å². The van der Waals surface area contributed by atoms with Crippen molar-refractivity contribution in [2.24, 2.45) is 5.92 Å². The van der Waals surface area contributed by atoms with Gasteiger partial charge in [0, 0.05) is 17.0 Å². The van der Waals surface area contributed by atoms with Gasteiger partial charge < -0.3 is 9.64 Å². The van der Waals surface area contributed by atoms with Crippen LogP contribution in [-0.4, -0.2) is 34.3 Å². The molecule has 0 N–H and O–H groups in total. The molecule has 1 fully saturated rings. The van der Waals surface area contributed by atoms with Crippen LogP contribution in [0.5, 0.6) is 0 Å². The molecule has 2 aliphatic rings. The number of carbonyl (C=O) groups excluding carboxylic acids is 2. The summed E-state index contributed by atoms with van der Waals surface area (Å²) in [4.78, 5) is 38.2. The van der Waals surface area contributed by atoms with Gasteiger partial charge in [0.25, 0.3) is 0 Å². The Morgan fingerprint density at radius 1 is 1.26 bits per heavy atom. The Balaban J connectivity index is 2.02. The Hall–Kier alpha value is -2.70. The Kier molecular flexibility index (Phi) is 5.88. The van der Waals surface area contributed by atoms with E-state index in [9.17, 15) is 19.7 Å². The summed E-state index contributed by atoms with van der Waals surface area (Å²) in [6.45, 7) is 1.65. The third-order valence-electron chi connectivity index (χ3n) is 5.29. The lowest BCUT2D eigenvalue weighted by molar-refractivity contribution is -0.518. The predicted molar refractivity (Wildman–Crippen MR) is 99.1 cm³/mol. The summed E-state index contributed by atoms with van der Waals surface area (Å²) in [6.07, 6.45) is 7.97. The smallest absolute Gasteiger partial charge is 0.384 e. The van der Waals surface area contributed by atoms with Crippen molar-refractivity contribution in [3.8, 4) is 0 Å². The highest BCUT2D eigenvalue weighted by Gasteiger charge is 2.48. The normalized spacial score (nSPS) is 20.6. The van der Waals surface area contributed by atoms with E-state index in [1.54, 1.807) is 31.3 Å². The van der Waals surface area contributed by atoms with Crippen molar-refractivity contribution in [3.63, 3.8) is 0 Å². The highest BCUT2D eigenvalue weighted by atomic mass is 16.6. The van der Waals surface area contributed by atoms with Gasteiger partial charge in [0.05, 0.1) is 6.61 Å². The zero-order valence-corrected chi connectivity index (χ0v) is 15.4. The van der Waals surface area contributed by atoms with Crippen LogP contribution in [-0.2, 0) is 14.3 Å². The van der Waals surface area contributed by atoms with Gasteiger partial charge in [-0.3, -0.25) is 14.9 Å². The highest BCUT2D eigenvalue weighted by Crippen LogP contribution is 2.37. The van der Waals surface area contributed by atoms with E-state index in [2.05, 4.69) is 0 Å². The first kappa shape index (κ1) is 19.1. The standard InChI is InChI=1S/C20H24N2O5/c1-2-27-20(24)18(22(25)26)17-16-11-7-6-8-14(16)12-13-21(17)19(23)15-9-4-3-5-10-15/h6-8,11-13,15,17-18H,2-5,9-10H2,1H3. The Labute approximate surface area is 158 Å². The van der Waals surface area contributed by atoms with Crippen LogP contribution < -0.4 is 0 Å². The van der Waals surface area contributed by atoms with Crippen molar-refractivity contribution < 1.29 is 19.2 Å². The number of rotatable bonds is 5. The van der Waals surface area contributed by atoms with Gasteiger partial charge in [-0.05, 0) is 37.0 Å². The molecule has 1 aliphatic carbocycles. The summed E-state index contributed by atoms with van der Waals surface area (Å²) in [7, 11) is 0. The number of hydrogen-bond donors (Lipinski definition) is 0. The van der Waals surface area contributed by atoms with Crippen LogP contribution in [0.3, 0.4) is 0 Å². The first-order chi connectivity index (χ1) is 13.0. The Morgan fingerprint density at radius 2 is 1.96 bits per heavy atom. The fourth-order valence-corrected chi connectivity index (χ4v) is 3.99. The van der Waals surface area contributed by atoms with Crippen molar-refractivity contribution in [2.45, 2.75) is 51.1 Å². The summed E-state index contributed by atoms with van der Waals surface area (Å²) in [6, 6.07) is 4.48. The van der Waals surface area contributed by atoms with Gasteiger partial charge in [0.1, 0.15) is 6.04 Å². The molecule has 1 saturated carbocycles. The molecular weight excluding hydrogens is 348 g/mol. The number of carbonyl (C=O) groups is 2. The maximum atomic E-state index is 13.2.